The van der Waals surface area contributed by atoms with Gasteiger partial charge in [0.05, 0.1) is 11.1 Å². The van der Waals surface area contributed by atoms with Crippen LogP contribution in [0.25, 0.3) is 0 Å². The van der Waals surface area contributed by atoms with Crippen molar-refractivity contribution in [1.82, 2.24) is 4.90 Å². The van der Waals surface area contributed by atoms with Gasteiger partial charge in [-0.05, 0) is 18.6 Å². The topological polar surface area (TPSA) is 94.9 Å². The van der Waals surface area contributed by atoms with Crippen LogP contribution in [0.4, 0.5) is 0 Å². The number of carbonyl (C=O) groups is 3. The van der Waals surface area contributed by atoms with E-state index < -0.39 is 11.9 Å². The quantitative estimate of drug-likeness (QED) is 0.841. The Kier molecular flexibility index (Phi) is 5.05. The number of hydrogen-bond donors (Lipinski definition) is 2. The highest BCUT2D eigenvalue weighted by molar-refractivity contribution is 6.01. The largest absolute Gasteiger partial charge is 0.478 e. The molecule has 1 saturated heterocycles. The van der Waals surface area contributed by atoms with Gasteiger partial charge in [-0.15, -0.1) is 0 Å². The number of nitrogens with zero attached hydrogens (tertiary/aromatic N) is 1. The van der Waals surface area contributed by atoms with Crippen molar-refractivity contribution >= 4 is 17.8 Å². The number of hydrogen-bond acceptors (Lipinski definition) is 3. The van der Waals surface area contributed by atoms with Crippen molar-refractivity contribution < 1.29 is 24.6 Å². The van der Waals surface area contributed by atoms with Gasteiger partial charge in [0.15, 0.2) is 0 Å². The molecule has 0 unspecified atom stereocenters. The first-order valence-electron chi connectivity index (χ1n) is 5.73. The van der Waals surface area contributed by atoms with Crippen molar-refractivity contribution in [3.8, 4) is 0 Å². The average molecular weight is 265 g/mol. The summed E-state index contributed by atoms with van der Waals surface area (Å²) in [5.74, 6) is -2.17. The van der Waals surface area contributed by atoms with Crippen molar-refractivity contribution in [2.24, 2.45) is 0 Å². The zero-order chi connectivity index (χ0) is 14.4. The van der Waals surface area contributed by atoms with E-state index in [9.17, 15) is 14.4 Å². The van der Waals surface area contributed by atoms with Gasteiger partial charge in [0.25, 0.3) is 0 Å². The van der Waals surface area contributed by atoms with Gasteiger partial charge < -0.3 is 15.1 Å². The van der Waals surface area contributed by atoms with E-state index in [1.165, 1.54) is 24.3 Å². The molecule has 0 atom stereocenters. The average Bonchev–Trinajstić information content (AvgIpc) is 2.74. The molecular formula is C13H15NO5. The highest BCUT2D eigenvalue weighted by Gasteiger charge is 2.14. The molecule has 0 spiro atoms. The van der Waals surface area contributed by atoms with Crippen LogP contribution in [-0.2, 0) is 4.79 Å². The Labute approximate surface area is 110 Å². The molecule has 6 nitrogen and oxygen atoms in total. The van der Waals surface area contributed by atoms with Crippen molar-refractivity contribution in [3.63, 3.8) is 0 Å². The van der Waals surface area contributed by atoms with Crippen LogP contribution in [0.3, 0.4) is 0 Å². The Balaban J connectivity index is 0.000000218. The smallest absolute Gasteiger partial charge is 0.336 e. The number of benzene rings is 1. The number of rotatable bonds is 2. The monoisotopic (exact) mass is 265 g/mol. The molecule has 2 rings (SSSR count). The molecule has 1 fully saturated rings. The summed E-state index contributed by atoms with van der Waals surface area (Å²) in [6.45, 7) is 0.957. The predicted molar refractivity (Wildman–Crippen MR) is 67.2 cm³/mol. The molecule has 1 heterocycles. The van der Waals surface area contributed by atoms with Gasteiger partial charge in [-0.1, -0.05) is 12.1 Å². The van der Waals surface area contributed by atoms with Gasteiger partial charge in [-0.25, -0.2) is 9.59 Å². The summed E-state index contributed by atoms with van der Waals surface area (Å²) in [6.07, 6.45) is 1.81. The third-order valence-corrected chi connectivity index (χ3v) is 2.70. The second kappa shape index (κ2) is 6.53. The van der Waals surface area contributed by atoms with Crippen LogP contribution in [0.5, 0.6) is 0 Å². The summed E-state index contributed by atoms with van der Waals surface area (Å²) in [4.78, 5) is 33.2. The summed E-state index contributed by atoms with van der Waals surface area (Å²) < 4.78 is 0. The summed E-state index contributed by atoms with van der Waals surface area (Å²) >= 11 is 0. The zero-order valence-electron chi connectivity index (χ0n) is 10.5. The molecule has 0 saturated carbocycles. The lowest BCUT2D eigenvalue weighted by Gasteiger charge is -2.03. The molecule has 1 aliphatic heterocycles. The molecule has 102 valence electrons. The SMILES string of the molecule is CN1CCCC1=O.O=C(O)c1ccccc1C(=O)O. The molecule has 0 aliphatic carbocycles. The van der Waals surface area contributed by atoms with Gasteiger partial charge >= 0.3 is 11.9 Å². The molecule has 0 bridgehead atoms. The van der Waals surface area contributed by atoms with E-state index in [-0.39, 0.29) is 11.1 Å². The van der Waals surface area contributed by atoms with Gasteiger partial charge in [0.2, 0.25) is 5.91 Å². The molecule has 1 aromatic rings. The first-order chi connectivity index (χ1) is 8.93. The summed E-state index contributed by atoms with van der Waals surface area (Å²) in [5.41, 5.74) is -0.380. The minimum Gasteiger partial charge on any atom is -0.478 e. The molecule has 1 aromatic carbocycles. The van der Waals surface area contributed by atoms with Crippen molar-refractivity contribution in [2.45, 2.75) is 12.8 Å². The van der Waals surface area contributed by atoms with Gasteiger partial charge in [-0.2, -0.15) is 0 Å². The second-order valence-corrected chi connectivity index (χ2v) is 4.07. The number of aromatic carboxylic acids is 2. The van der Waals surface area contributed by atoms with Crippen LogP contribution in [-0.4, -0.2) is 46.6 Å². The van der Waals surface area contributed by atoms with E-state index in [0.717, 1.165) is 19.4 Å². The van der Waals surface area contributed by atoms with Crippen LogP contribution in [0.2, 0.25) is 0 Å². The van der Waals surface area contributed by atoms with E-state index in [0.29, 0.717) is 5.91 Å². The Hall–Kier alpha value is -2.37. The lowest BCUT2D eigenvalue weighted by atomic mass is 10.1. The fourth-order valence-electron chi connectivity index (χ4n) is 1.64. The zero-order valence-corrected chi connectivity index (χ0v) is 10.5. The molecule has 1 aliphatic rings. The Bertz CT molecular complexity index is 465. The standard InChI is InChI=1S/C8H6O4.C5H9NO/c9-7(10)5-3-1-2-4-6(5)8(11)12;1-6-4-2-3-5(6)7/h1-4H,(H,9,10)(H,11,12);2-4H2,1H3. The Morgan fingerprint density at radius 3 is 1.79 bits per heavy atom. The number of amides is 1. The first kappa shape index (κ1) is 14.7. The molecule has 0 radical (unpaired) electrons. The van der Waals surface area contributed by atoms with Crippen LogP contribution < -0.4 is 0 Å². The predicted octanol–water partition coefficient (Wildman–Crippen LogP) is 1.32. The minimum atomic E-state index is -1.23. The Morgan fingerprint density at radius 2 is 1.58 bits per heavy atom. The minimum absolute atomic E-state index is 0.190. The maximum Gasteiger partial charge on any atom is 0.336 e. The van der Waals surface area contributed by atoms with E-state index in [2.05, 4.69) is 0 Å². The van der Waals surface area contributed by atoms with Crippen LogP contribution in [0.1, 0.15) is 33.6 Å². The fraction of sp³-hybridized carbons (Fsp3) is 0.308. The summed E-state index contributed by atoms with van der Waals surface area (Å²) in [6, 6.07) is 5.48. The third kappa shape index (κ3) is 4.09. The van der Waals surface area contributed by atoms with Gasteiger partial charge in [0, 0.05) is 20.0 Å². The van der Waals surface area contributed by atoms with Crippen molar-refractivity contribution in [1.29, 1.82) is 0 Å². The molecular weight excluding hydrogens is 250 g/mol. The number of carboxylic acids is 2. The summed E-state index contributed by atoms with van der Waals surface area (Å²) in [7, 11) is 1.84. The van der Waals surface area contributed by atoms with Gasteiger partial charge in [-0.3, -0.25) is 4.79 Å². The molecule has 19 heavy (non-hydrogen) atoms. The lowest BCUT2D eigenvalue weighted by Crippen LogP contribution is -2.17. The number of likely N-dealkylation sites (tertiary alicyclic amines) is 1. The van der Waals surface area contributed by atoms with Crippen molar-refractivity contribution in [3.05, 3.63) is 35.4 Å². The van der Waals surface area contributed by atoms with E-state index in [1.54, 1.807) is 4.90 Å². The molecule has 1 amide bonds. The molecule has 2 N–H and O–H groups in total. The van der Waals surface area contributed by atoms with Crippen molar-refractivity contribution in [2.75, 3.05) is 13.6 Å². The summed E-state index contributed by atoms with van der Waals surface area (Å²) in [5, 5.41) is 17.1. The maximum atomic E-state index is 10.5. The van der Waals surface area contributed by atoms with Crippen LogP contribution in [0, 0.1) is 0 Å². The molecule has 6 heteroatoms. The van der Waals surface area contributed by atoms with Crippen LogP contribution >= 0.6 is 0 Å². The van der Waals surface area contributed by atoms with E-state index in [4.69, 9.17) is 10.2 Å². The van der Waals surface area contributed by atoms with Crippen LogP contribution in [0.15, 0.2) is 24.3 Å². The normalized spacial score (nSPS) is 13.7. The Morgan fingerprint density at radius 1 is 1.11 bits per heavy atom. The number of carboxylic acid groups (broad SMARTS) is 2. The second-order valence-electron chi connectivity index (χ2n) is 4.07. The van der Waals surface area contributed by atoms with E-state index >= 15 is 0 Å². The van der Waals surface area contributed by atoms with Gasteiger partial charge in [0.1, 0.15) is 0 Å². The highest BCUT2D eigenvalue weighted by atomic mass is 16.4. The first-order valence-corrected chi connectivity index (χ1v) is 5.73. The highest BCUT2D eigenvalue weighted by Crippen LogP contribution is 2.07. The maximum absolute atomic E-state index is 10.5. The fourth-order valence-corrected chi connectivity index (χ4v) is 1.64. The van der Waals surface area contributed by atoms with E-state index in [1.807, 2.05) is 7.05 Å². The lowest BCUT2D eigenvalue weighted by molar-refractivity contribution is -0.126. The third-order valence-electron chi connectivity index (χ3n) is 2.70. The number of carbonyl (C=O) groups excluding carboxylic acids is 1. The molecule has 0 aromatic heterocycles.